The van der Waals surface area contributed by atoms with E-state index in [1.54, 1.807) is 24.4 Å². The lowest BCUT2D eigenvalue weighted by Gasteiger charge is -2.11. The zero-order valence-electron chi connectivity index (χ0n) is 13.8. The third-order valence-corrected chi connectivity index (χ3v) is 4.06. The third-order valence-electron chi connectivity index (χ3n) is 4.06. The Bertz CT molecular complexity index is 886. The molecule has 0 aliphatic heterocycles. The van der Waals surface area contributed by atoms with Gasteiger partial charge in [0.15, 0.2) is 0 Å². The number of fused-ring (bicyclic) bond motifs is 1. The number of hydrogen-bond acceptors (Lipinski definition) is 4. The van der Waals surface area contributed by atoms with E-state index >= 15 is 0 Å². The van der Waals surface area contributed by atoms with Gasteiger partial charge in [-0.05, 0) is 31.5 Å². The quantitative estimate of drug-likeness (QED) is 0.726. The Morgan fingerprint density at radius 2 is 2.21 bits per heavy atom. The molecule has 0 atom stereocenters. The Balaban J connectivity index is 1.91. The van der Waals surface area contributed by atoms with Crippen molar-refractivity contribution in [2.75, 3.05) is 5.32 Å². The fourth-order valence-electron chi connectivity index (χ4n) is 2.74. The first kappa shape index (κ1) is 16.0. The van der Waals surface area contributed by atoms with E-state index < -0.39 is 5.97 Å². The summed E-state index contributed by atoms with van der Waals surface area (Å²) in [7, 11) is 0. The highest BCUT2D eigenvalue weighted by molar-refractivity contribution is 5.99. The van der Waals surface area contributed by atoms with Crippen LogP contribution in [0, 0.1) is 6.92 Å². The summed E-state index contributed by atoms with van der Waals surface area (Å²) in [6.45, 7) is 5.63. The van der Waals surface area contributed by atoms with Crippen LogP contribution in [0.4, 0.5) is 5.69 Å². The molecule has 0 fully saturated rings. The maximum Gasteiger partial charge on any atom is 0.335 e. The van der Waals surface area contributed by atoms with Gasteiger partial charge in [-0.15, -0.1) is 0 Å². The molecule has 124 valence electrons. The summed E-state index contributed by atoms with van der Waals surface area (Å²) < 4.78 is 1.99. The lowest BCUT2D eigenvalue weighted by molar-refractivity contribution is 0.0697. The summed E-state index contributed by atoms with van der Waals surface area (Å²) in [5.41, 5.74) is 3.94. The van der Waals surface area contributed by atoms with Crippen LogP contribution in [0.15, 0.2) is 36.7 Å². The zero-order chi connectivity index (χ0) is 17.1. The predicted molar refractivity (Wildman–Crippen MR) is 93.3 cm³/mol. The van der Waals surface area contributed by atoms with Crippen molar-refractivity contribution in [3.05, 3.63) is 53.5 Å². The highest BCUT2D eigenvalue weighted by atomic mass is 16.4. The molecule has 1 aromatic carbocycles. The molecule has 2 heterocycles. The Labute approximate surface area is 140 Å². The molecule has 0 aliphatic carbocycles. The van der Waals surface area contributed by atoms with Gasteiger partial charge in [0.1, 0.15) is 0 Å². The number of nitrogens with zero attached hydrogens (tertiary/aromatic N) is 3. The van der Waals surface area contributed by atoms with Crippen LogP contribution in [0.1, 0.15) is 35.0 Å². The molecule has 0 spiro atoms. The number of hydrogen-bond donors (Lipinski definition) is 2. The minimum absolute atomic E-state index is 0.247. The molecule has 0 bridgehead atoms. The van der Waals surface area contributed by atoms with Gasteiger partial charge in [0.2, 0.25) is 0 Å². The van der Waals surface area contributed by atoms with Crippen molar-refractivity contribution in [2.24, 2.45) is 0 Å². The van der Waals surface area contributed by atoms with E-state index in [2.05, 4.69) is 22.3 Å². The van der Waals surface area contributed by atoms with Crippen molar-refractivity contribution >= 4 is 22.6 Å². The normalized spacial score (nSPS) is 10.9. The average molecular weight is 324 g/mol. The van der Waals surface area contributed by atoms with Crippen molar-refractivity contribution in [3.63, 3.8) is 0 Å². The highest BCUT2D eigenvalue weighted by Gasteiger charge is 2.11. The van der Waals surface area contributed by atoms with Crippen LogP contribution in [-0.2, 0) is 13.1 Å². The second-order valence-electron chi connectivity index (χ2n) is 5.74. The molecule has 0 amide bonds. The Kier molecular flexibility index (Phi) is 4.46. The van der Waals surface area contributed by atoms with Gasteiger partial charge in [-0.25, -0.2) is 4.79 Å². The van der Waals surface area contributed by atoms with Gasteiger partial charge in [-0.3, -0.25) is 9.67 Å². The molecule has 0 radical (unpaired) electrons. The summed E-state index contributed by atoms with van der Waals surface area (Å²) in [5, 5.41) is 17.8. The molecule has 2 N–H and O–H groups in total. The summed E-state index contributed by atoms with van der Waals surface area (Å²) >= 11 is 0. The number of rotatable bonds is 6. The van der Waals surface area contributed by atoms with E-state index in [9.17, 15) is 9.90 Å². The maximum atomic E-state index is 11.3. The Hall–Kier alpha value is -2.89. The predicted octanol–water partition coefficient (Wildman–Crippen LogP) is 3.46. The number of aromatic nitrogens is 3. The van der Waals surface area contributed by atoms with E-state index in [4.69, 9.17) is 0 Å². The summed E-state index contributed by atoms with van der Waals surface area (Å²) in [5.74, 6) is -0.948. The number of carboxylic acids is 1. The van der Waals surface area contributed by atoms with Gasteiger partial charge in [0.05, 0.1) is 23.0 Å². The molecule has 2 aromatic heterocycles. The fourth-order valence-corrected chi connectivity index (χ4v) is 2.74. The molecule has 6 heteroatoms. The number of carbonyl (C=O) groups is 1. The first-order valence-corrected chi connectivity index (χ1v) is 7.97. The van der Waals surface area contributed by atoms with Gasteiger partial charge in [-0.1, -0.05) is 13.0 Å². The van der Waals surface area contributed by atoms with Gasteiger partial charge in [0, 0.05) is 35.9 Å². The number of pyridine rings is 1. The van der Waals surface area contributed by atoms with Crippen molar-refractivity contribution in [2.45, 2.75) is 33.4 Å². The van der Waals surface area contributed by atoms with E-state index in [-0.39, 0.29) is 5.56 Å². The maximum absolute atomic E-state index is 11.3. The number of benzene rings is 1. The van der Waals surface area contributed by atoms with Crippen LogP contribution in [0.5, 0.6) is 0 Å². The topological polar surface area (TPSA) is 80.0 Å². The van der Waals surface area contributed by atoms with Gasteiger partial charge >= 0.3 is 5.97 Å². The largest absolute Gasteiger partial charge is 0.478 e. The number of anilines is 1. The van der Waals surface area contributed by atoms with Crippen LogP contribution in [0.25, 0.3) is 10.9 Å². The summed E-state index contributed by atoms with van der Waals surface area (Å²) in [4.78, 5) is 15.7. The smallest absolute Gasteiger partial charge is 0.335 e. The fraction of sp³-hybridized carbons (Fsp3) is 0.278. The van der Waals surface area contributed by atoms with E-state index in [0.29, 0.717) is 12.2 Å². The molecule has 0 unspecified atom stereocenters. The minimum Gasteiger partial charge on any atom is -0.478 e. The first-order chi connectivity index (χ1) is 11.6. The number of carboxylic acid groups (broad SMARTS) is 1. The SMILES string of the molecule is CCCn1ncc(CNc2cc(C(=O)O)cc3cccnc23)c1C. The summed E-state index contributed by atoms with van der Waals surface area (Å²) in [6.07, 6.45) is 4.59. The van der Waals surface area contributed by atoms with E-state index in [0.717, 1.165) is 35.1 Å². The second kappa shape index (κ2) is 6.70. The number of nitrogens with one attached hydrogen (secondary N) is 1. The molecule has 3 aromatic rings. The van der Waals surface area contributed by atoms with Crippen LogP contribution in [-0.4, -0.2) is 25.8 Å². The Morgan fingerprint density at radius 1 is 1.38 bits per heavy atom. The highest BCUT2D eigenvalue weighted by Crippen LogP contribution is 2.24. The van der Waals surface area contributed by atoms with E-state index in [1.807, 2.05) is 23.9 Å². The number of aromatic carboxylic acids is 1. The standard InChI is InChI=1S/C18H20N4O2/c1-3-7-22-12(2)15(11-21-22)10-20-16-9-14(18(23)24)8-13-5-4-6-19-17(13)16/h4-6,8-9,11,20H,3,7,10H2,1-2H3,(H,23,24). The van der Waals surface area contributed by atoms with Crippen LogP contribution in [0.2, 0.25) is 0 Å². The zero-order valence-corrected chi connectivity index (χ0v) is 13.8. The molecule has 0 aliphatic rings. The molecule has 6 nitrogen and oxygen atoms in total. The van der Waals surface area contributed by atoms with Crippen molar-refractivity contribution in [1.29, 1.82) is 0 Å². The summed E-state index contributed by atoms with van der Waals surface area (Å²) in [6, 6.07) is 6.94. The molecular weight excluding hydrogens is 304 g/mol. The average Bonchev–Trinajstić information content (AvgIpc) is 2.93. The Morgan fingerprint density at radius 3 is 2.96 bits per heavy atom. The lowest BCUT2D eigenvalue weighted by atomic mass is 10.1. The van der Waals surface area contributed by atoms with Crippen LogP contribution < -0.4 is 5.32 Å². The molecule has 0 saturated carbocycles. The van der Waals surface area contributed by atoms with Crippen molar-refractivity contribution in [1.82, 2.24) is 14.8 Å². The third kappa shape index (κ3) is 3.08. The number of aryl methyl sites for hydroxylation is 1. The van der Waals surface area contributed by atoms with Crippen molar-refractivity contribution < 1.29 is 9.90 Å². The second-order valence-corrected chi connectivity index (χ2v) is 5.74. The van der Waals surface area contributed by atoms with Crippen LogP contribution in [0.3, 0.4) is 0 Å². The van der Waals surface area contributed by atoms with Gasteiger partial charge in [-0.2, -0.15) is 5.10 Å². The van der Waals surface area contributed by atoms with Crippen molar-refractivity contribution in [3.8, 4) is 0 Å². The molecule has 0 saturated heterocycles. The van der Waals surface area contributed by atoms with Crippen LogP contribution >= 0.6 is 0 Å². The van der Waals surface area contributed by atoms with Gasteiger partial charge in [0.25, 0.3) is 0 Å². The molecule has 3 rings (SSSR count). The monoisotopic (exact) mass is 324 g/mol. The lowest BCUT2D eigenvalue weighted by Crippen LogP contribution is -2.06. The van der Waals surface area contributed by atoms with Gasteiger partial charge < -0.3 is 10.4 Å². The first-order valence-electron chi connectivity index (χ1n) is 7.97. The minimum atomic E-state index is -0.948. The molecule has 24 heavy (non-hydrogen) atoms. The van der Waals surface area contributed by atoms with E-state index in [1.165, 1.54) is 0 Å². The molecular formula is C18H20N4O2.